The third-order valence-electron chi connectivity index (χ3n) is 3.61. The fraction of sp³-hybridized carbons (Fsp3) is 0.118. The highest BCUT2D eigenvalue weighted by molar-refractivity contribution is 6.04. The minimum atomic E-state index is -4.36. The molecule has 0 aliphatic rings. The van der Waals surface area contributed by atoms with Crippen LogP contribution in [0, 0.1) is 0 Å². The van der Waals surface area contributed by atoms with E-state index in [4.69, 9.17) is 5.73 Å². The fourth-order valence-corrected chi connectivity index (χ4v) is 2.33. The molecule has 1 aromatic heterocycles. The van der Waals surface area contributed by atoms with E-state index < -0.39 is 17.6 Å². The van der Waals surface area contributed by atoms with Gasteiger partial charge in [0.15, 0.2) is 0 Å². The Labute approximate surface area is 140 Å². The van der Waals surface area contributed by atoms with Gasteiger partial charge in [-0.2, -0.15) is 13.2 Å². The van der Waals surface area contributed by atoms with E-state index in [1.54, 1.807) is 24.4 Å². The van der Waals surface area contributed by atoms with Crippen LogP contribution < -0.4 is 11.1 Å². The van der Waals surface area contributed by atoms with E-state index in [2.05, 4.69) is 15.3 Å². The molecule has 0 spiro atoms. The maximum absolute atomic E-state index is 12.5. The van der Waals surface area contributed by atoms with Crippen LogP contribution in [-0.2, 0) is 12.7 Å². The van der Waals surface area contributed by atoms with Crippen molar-refractivity contribution in [2.75, 3.05) is 5.32 Å². The molecule has 0 saturated heterocycles. The van der Waals surface area contributed by atoms with Crippen molar-refractivity contribution in [1.82, 2.24) is 9.97 Å². The Kier molecular flexibility index (Phi) is 4.26. The van der Waals surface area contributed by atoms with Gasteiger partial charge in [-0.25, -0.2) is 9.97 Å². The second-order valence-electron chi connectivity index (χ2n) is 5.35. The van der Waals surface area contributed by atoms with Crippen LogP contribution in [0.4, 0.5) is 19.1 Å². The molecule has 8 heteroatoms. The summed E-state index contributed by atoms with van der Waals surface area (Å²) in [4.78, 5) is 19.9. The Balaban J connectivity index is 1.79. The van der Waals surface area contributed by atoms with Crippen molar-refractivity contribution in [3.63, 3.8) is 0 Å². The normalized spacial score (nSPS) is 11.5. The molecule has 0 bridgehead atoms. The molecule has 3 N–H and O–H groups in total. The molecule has 2 aromatic carbocycles. The lowest BCUT2D eigenvalue weighted by Gasteiger charge is -2.09. The number of para-hydroxylation sites is 1. The lowest BCUT2D eigenvalue weighted by Crippen LogP contribution is -2.12. The van der Waals surface area contributed by atoms with Gasteiger partial charge in [0.1, 0.15) is 0 Å². The Morgan fingerprint density at radius 3 is 2.48 bits per heavy atom. The topological polar surface area (TPSA) is 80.9 Å². The van der Waals surface area contributed by atoms with Crippen LogP contribution in [-0.4, -0.2) is 15.9 Å². The minimum absolute atomic E-state index is 0.238. The Hall–Kier alpha value is -3.16. The number of hydrogen-bond donors (Lipinski definition) is 2. The number of benzene rings is 2. The first-order valence-electron chi connectivity index (χ1n) is 7.30. The predicted octanol–water partition coefficient (Wildman–Crippen LogP) is 3.36. The molecule has 128 valence electrons. The number of aromatic nitrogens is 2. The number of fused-ring (bicyclic) bond motifs is 1. The number of nitrogens with zero attached hydrogens (tertiary/aromatic N) is 2. The lowest BCUT2D eigenvalue weighted by atomic mass is 10.1. The van der Waals surface area contributed by atoms with Gasteiger partial charge in [-0.3, -0.25) is 4.79 Å². The molecule has 0 aliphatic heterocycles. The van der Waals surface area contributed by atoms with Crippen molar-refractivity contribution >= 4 is 22.8 Å². The van der Waals surface area contributed by atoms with E-state index in [9.17, 15) is 18.0 Å². The van der Waals surface area contributed by atoms with Crippen molar-refractivity contribution < 1.29 is 18.0 Å². The molecular weight excluding hydrogens is 333 g/mol. The van der Waals surface area contributed by atoms with Gasteiger partial charge >= 0.3 is 6.18 Å². The number of hydrogen-bond acceptors (Lipinski definition) is 4. The number of nitrogens with two attached hydrogens (primary N) is 1. The average molecular weight is 346 g/mol. The fourth-order valence-electron chi connectivity index (χ4n) is 2.33. The number of alkyl halides is 3. The first-order valence-corrected chi connectivity index (χ1v) is 7.30. The van der Waals surface area contributed by atoms with Crippen molar-refractivity contribution in [2.24, 2.45) is 5.73 Å². The SMILES string of the molecule is NC(=O)c1cccc2cnc(NCc3ccc(C(F)(F)F)cc3)nc12. The van der Waals surface area contributed by atoms with Gasteiger partial charge in [-0.1, -0.05) is 24.3 Å². The van der Waals surface area contributed by atoms with Crippen LogP contribution >= 0.6 is 0 Å². The van der Waals surface area contributed by atoms with Crippen molar-refractivity contribution in [2.45, 2.75) is 12.7 Å². The van der Waals surface area contributed by atoms with E-state index in [1.165, 1.54) is 12.1 Å². The van der Waals surface area contributed by atoms with E-state index in [1.807, 2.05) is 0 Å². The van der Waals surface area contributed by atoms with Crippen LogP contribution in [0.1, 0.15) is 21.5 Å². The number of carbonyl (C=O) groups excluding carboxylic acids is 1. The zero-order valence-electron chi connectivity index (χ0n) is 12.8. The highest BCUT2D eigenvalue weighted by Crippen LogP contribution is 2.29. The van der Waals surface area contributed by atoms with Gasteiger partial charge < -0.3 is 11.1 Å². The molecule has 5 nitrogen and oxygen atoms in total. The highest BCUT2D eigenvalue weighted by Gasteiger charge is 2.29. The molecule has 0 fully saturated rings. The van der Waals surface area contributed by atoms with Crippen LogP contribution in [0.15, 0.2) is 48.7 Å². The van der Waals surface area contributed by atoms with Gasteiger partial charge in [0.25, 0.3) is 5.91 Å². The van der Waals surface area contributed by atoms with Crippen molar-refractivity contribution in [3.8, 4) is 0 Å². The first kappa shape index (κ1) is 16.7. The van der Waals surface area contributed by atoms with Gasteiger partial charge in [-0.05, 0) is 23.8 Å². The maximum Gasteiger partial charge on any atom is 0.416 e. The molecule has 0 unspecified atom stereocenters. The van der Waals surface area contributed by atoms with E-state index in [0.29, 0.717) is 16.5 Å². The zero-order chi connectivity index (χ0) is 18.0. The number of primary amides is 1. The largest absolute Gasteiger partial charge is 0.416 e. The second kappa shape index (κ2) is 6.39. The van der Waals surface area contributed by atoms with E-state index in [0.717, 1.165) is 12.1 Å². The quantitative estimate of drug-likeness (QED) is 0.759. The highest BCUT2D eigenvalue weighted by atomic mass is 19.4. The predicted molar refractivity (Wildman–Crippen MR) is 86.8 cm³/mol. The maximum atomic E-state index is 12.5. The lowest BCUT2D eigenvalue weighted by molar-refractivity contribution is -0.137. The summed E-state index contributed by atoms with van der Waals surface area (Å²) < 4.78 is 37.6. The van der Waals surface area contributed by atoms with Gasteiger partial charge in [0.05, 0.1) is 16.6 Å². The van der Waals surface area contributed by atoms with E-state index >= 15 is 0 Å². The minimum Gasteiger partial charge on any atom is -0.366 e. The summed E-state index contributed by atoms with van der Waals surface area (Å²) in [6.07, 6.45) is -2.82. The van der Waals surface area contributed by atoms with Crippen LogP contribution in [0.5, 0.6) is 0 Å². The second-order valence-corrected chi connectivity index (χ2v) is 5.35. The van der Waals surface area contributed by atoms with Gasteiger partial charge in [0.2, 0.25) is 5.95 Å². The Bertz CT molecular complexity index is 923. The molecular formula is C17H13F3N4O. The summed E-state index contributed by atoms with van der Waals surface area (Å²) >= 11 is 0. The smallest absolute Gasteiger partial charge is 0.366 e. The number of nitrogens with one attached hydrogen (secondary N) is 1. The molecule has 0 atom stereocenters. The molecule has 25 heavy (non-hydrogen) atoms. The molecule has 3 rings (SSSR count). The van der Waals surface area contributed by atoms with Crippen LogP contribution in [0.2, 0.25) is 0 Å². The number of amides is 1. The monoisotopic (exact) mass is 346 g/mol. The number of anilines is 1. The third kappa shape index (κ3) is 3.68. The third-order valence-corrected chi connectivity index (χ3v) is 3.61. The van der Waals surface area contributed by atoms with Crippen molar-refractivity contribution in [1.29, 1.82) is 0 Å². The summed E-state index contributed by atoms with van der Waals surface area (Å²) in [5.41, 5.74) is 5.96. The van der Waals surface area contributed by atoms with Crippen LogP contribution in [0.3, 0.4) is 0 Å². The Morgan fingerprint density at radius 2 is 1.84 bits per heavy atom. The van der Waals surface area contributed by atoms with Gasteiger partial charge in [0, 0.05) is 18.1 Å². The number of halogens is 3. The molecule has 1 heterocycles. The van der Waals surface area contributed by atoms with Crippen molar-refractivity contribution in [3.05, 3.63) is 65.4 Å². The average Bonchev–Trinajstić information content (AvgIpc) is 2.58. The summed E-state index contributed by atoms with van der Waals surface area (Å²) in [6, 6.07) is 9.80. The number of rotatable bonds is 4. The summed E-state index contributed by atoms with van der Waals surface area (Å²) in [5.74, 6) is -0.348. The van der Waals surface area contributed by atoms with Gasteiger partial charge in [-0.15, -0.1) is 0 Å². The molecule has 3 aromatic rings. The zero-order valence-corrected chi connectivity index (χ0v) is 12.8. The summed E-state index contributed by atoms with van der Waals surface area (Å²) in [6.45, 7) is 0.238. The molecule has 0 aliphatic carbocycles. The van der Waals surface area contributed by atoms with E-state index in [-0.39, 0.29) is 18.1 Å². The number of carbonyl (C=O) groups is 1. The molecule has 0 radical (unpaired) electrons. The molecule has 1 amide bonds. The standard InChI is InChI=1S/C17H13F3N4O/c18-17(19,20)12-6-4-10(5-7-12)8-22-16-23-9-11-2-1-3-13(15(21)25)14(11)24-16/h1-7,9H,8H2,(H2,21,25)(H,22,23,24). The molecule has 0 saturated carbocycles. The summed E-state index contributed by atoms with van der Waals surface area (Å²) in [5, 5.41) is 3.59. The Morgan fingerprint density at radius 1 is 1.12 bits per heavy atom. The first-order chi connectivity index (χ1) is 11.8. The summed E-state index contributed by atoms with van der Waals surface area (Å²) in [7, 11) is 0. The van der Waals surface area contributed by atoms with Crippen LogP contribution in [0.25, 0.3) is 10.9 Å².